The molecule has 0 bridgehead atoms. The molecule has 2 aromatic rings. The standard InChI is InChI=1S/C12H12F2N2/c13-11-4-1-5-12(14)10(11)8-16-6-2-3-9(16)7-15/h1-6H,7-8,15H2. The average Bonchev–Trinajstić information content (AvgIpc) is 2.71. The van der Waals surface area contributed by atoms with Crippen LogP contribution in [0, 0.1) is 11.6 Å². The summed E-state index contributed by atoms with van der Waals surface area (Å²) in [5, 5.41) is 0. The highest BCUT2D eigenvalue weighted by Gasteiger charge is 2.09. The second kappa shape index (κ2) is 4.45. The van der Waals surface area contributed by atoms with Crippen LogP contribution in [0.4, 0.5) is 8.78 Å². The molecule has 0 amide bonds. The molecule has 0 spiro atoms. The van der Waals surface area contributed by atoms with Crippen LogP contribution in [0.1, 0.15) is 11.3 Å². The van der Waals surface area contributed by atoms with Crippen LogP contribution in [0.3, 0.4) is 0 Å². The van der Waals surface area contributed by atoms with Crippen molar-refractivity contribution < 1.29 is 8.78 Å². The second-order valence-corrected chi connectivity index (χ2v) is 3.53. The molecule has 2 N–H and O–H groups in total. The largest absolute Gasteiger partial charge is 0.346 e. The summed E-state index contributed by atoms with van der Waals surface area (Å²) >= 11 is 0. The molecule has 1 aromatic heterocycles. The number of nitrogens with two attached hydrogens (primary N) is 1. The van der Waals surface area contributed by atoms with Gasteiger partial charge in [0.2, 0.25) is 0 Å². The van der Waals surface area contributed by atoms with Gasteiger partial charge in [0.25, 0.3) is 0 Å². The Morgan fingerprint density at radius 3 is 2.38 bits per heavy atom. The van der Waals surface area contributed by atoms with E-state index in [9.17, 15) is 8.78 Å². The van der Waals surface area contributed by atoms with Gasteiger partial charge in [-0.05, 0) is 24.3 Å². The summed E-state index contributed by atoms with van der Waals surface area (Å²) < 4.78 is 28.5. The predicted molar refractivity (Wildman–Crippen MR) is 57.8 cm³/mol. The van der Waals surface area contributed by atoms with E-state index in [1.165, 1.54) is 18.2 Å². The van der Waals surface area contributed by atoms with E-state index >= 15 is 0 Å². The Kier molecular flexibility index (Phi) is 3.01. The molecule has 0 saturated heterocycles. The lowest BCUT2D eigenvalue weighted by atomic mass is 10.2. The van der Waals surface area contributed by atoms with Gasteiger partial charge in [-0.2, -0.15) is 0 Å². The van der Waals surface area contributed by atoms with Crippen molar-refractivity contribution in [1.82, 2.24) is 4.57 Å². The highest BCUT2D eigenvalue weighted by Crippen LogP contribution is 2.15. The fraction of sp³-hybridized carbons (Fsp3) is 0.167. The van der Waals surface area contributed by atoms with Crippen molar-refractivity contribution in [2.75, 3.05) is 0 Å². The third-order valence-corrected chi connectivity index (χ3v) is 2.52. The fourth-order valence-corrected chi connectivity index (χ4v) is 1.64. The van der Waals surface area contributed by atoms with Gasteiger partial charge in [0.1, 0.15) is 11.6 Å². The molecule has 2 rings (SSSR count). The molecule has 16 heavy (non-hydrogen) atoms. The molecule has 0 unspecified atom stereocenters. The molecule has 84 valence electrons. The highest BCUT2D eigenvalue weighted by atomic mass is 19.1. The molecule has 0 radical (unpaired) electrons. The van der Waals surface area contributed by atoms with Crippen molar-refractivity contribution in [2.45, 2.75) is 13.1 Å². The molecule has 2 nitrogen and oxygen atoms in total. The molecule has 0 fully saturated rings. The first-order valence-corrected chi connectivity index (χ1v) is 4.99. The summed E-state index contributed by atoms with van der Waals surface area (Å²) in [5.74, 6) is -1.06. The topological polar surface area (TPSA) is 30.9 Å². The predicted octanol–water partition coefficient (Wildman–Crippen LogP) is 2.27. The minimum atomic E-state index is -0.531. The normalized spacial score (nSPS) is 10.7. The van der Waals surface area contributed by atoms with Gasteiger partial charge < -0.3 is 10.3 Å². The van der Waals surface area contributed by atoms with E-state index in [2.05, 4.69) is 0 Å². The Labute approximate surface area is 92.3 Å². The molecule has 4 heteroatoms. The number of nitrogens with zero attached hydrogens (tertiary/aromatic N) is 1. The smallest absolute Gasteiger partial charge is 0.131 e. The summed E-state index contributed by atoms with van der Waals surface area (Å²) in [5.41, 5.74) is 6.43. The van der Waals surface area contributed by atoms with Gasteiger partial charge in [-0.15, -0.1) is 0 Å². The highest BCUT2D eigenvalue weighted by molar-refractivity contribution is 5.21. The third kappa shape index (κ3) is 1.97. The number of halogens is 2. The van der Waals surface area contributed by atoms with Crippen LogP contribution >= 0.6 is 0 Å². The van der Waals surface area contributed by atoms with Crippen molar-refractivity contribution in [3.63, 3.8) is 0 Å². The van der Waals surface area contributed by atoms with Gasteiger partial charge >= 0.3 is 0 Å². The van der Waals surface area contributed by atoms with Gasteiger partial charge in [0.15, 0.2) is 0 Å². The van der Waals surface area contributed by atoms with Crippen LogP contribution < -0.4 is 5.73 Å². The minimum Gasteiger partial charge on any atom is -0.346 e. The second-order valence-electron chi connectivity index (χ2n) is 3.53. The van der Waals surface area contributed by atoms with Crippen molar-refractivity contribution in [2.24, 2.45) is 5.73 Å². The monoisotopic (exact) mass is 222 g/mol. The molecule has 0 atom stereocenters. The van der Waals surface area contributed by atoms with Crippen molar-refractivity contribution in [3.8, 4) is 0 Å². The van der Waals surface area contributed by atoms with Crippen molar-refractivity contribution >= 4 is 0 Å². The summed E-state index contributed by atoms with van der Waals surface area (Å²) in [6.07, 6.45) is 1.76. The molecule has 0 aliphatic rings. The lowest BCUT2D eigenvalue weighted by Crippen LogP contribution is -2.09. The summed E-state index contributed by atoms with van der Waals surface area (Å²) in [6.45, 7) is 0.515. The van der Waals surface area contributed by atoms with Gasteiger partial charge in [0, 0.05) is 24.0 Å². The lowest BCUT2D eigenvalue weighted by Gasteiger charge is -2.09. The number of benzene rings is 1. The molecule has 0 aliphatic heterocycles. The quantitative estimate of drug-likeness (QED) is 0.848. The summed E-state index contributed by atoms with van der Waals surface area (Å²) in [7, 11) is 0. The van der Waals surface area contributed by atoms with E-state index in [-0.39, 0.29) is 12.1 Å². The maximum absolute atomic E-state index is 13.4. The first kappa shape index (κ1) is 10.8. The zero-order valence-electron chi connectivity index (χ0n) is 8.66. The average molecular weight is 222 g/mol. The Morgan fingerprint density at radius 2 is 1.75 bits per heavy atom. The molecule has 0 saturated carbocycles. The number of aromatic nitrogens is 1. The van der Waals surface area contributed by atoms with E-state index in [0.717, 1.165) is 5.69 Å². The number of hydrogen-bond donors (Lipinski definition) is 1. The van der Waals surface area contributed by atoms with Crippen molar-refractivity contribution in [1.29, 1.82) is 0 Å². The minimum absolute atomic E-state index is 0.0633. The molecule has 1 aromatic carbocycles. The van der Waals surface area contributed by atoms with Crippen LogP contribution in [-0.4, -0.2) is 4.57 Å². The van der Waals surface area contributed by atoms with Crippen molar-refractivity contribution in [3.05, 3.63) is 59.4 Å². The fourth-order valence-electron chi connectivity index (χ4n) is 1.64. The van der Waals surface area contributed by atoms with E-state index in [1.807, 2.05) is 6.07 Å². The lowest BCUT2D eigenvalue weighted by molar-refractivity contribution is 0.541. The molecule has 1 heterocycles. The molecular formula is C12H12F2N2. The Morgan fingerprint density at radius 1 is 1.06 bits per heavy atom. The van der Waals surface area contributed by atoms with E-state index in [0.29, 0.717) is 6.54 Å². The van der Waals surface area contributed by atoms with Crippen LogP contribution in [-0.2, 0) is 13.1 Å². The zero-order valence-corrected chi connectivity index (χ0v) is 8.66. The van der Waals surface area contributed by atoms with E-state index in [4.69, 9.17) is 5.73 Å². The maximum atomic E-state index is 13.4. The van der Waals surface area contributed by atoms with Crippen LogP contribution in [0.5, 0.6) is 0 Å². The van der Waals surface area contributed by atoms with Gasteiger partial charge in [-0.3, -0.25) is 0 Å². The Balaban J connectivity index is 2.34. The van der Waals surface area contributed by atoms with Crippen LogP contribution in [0.2, 0.25) is 0 Å². The van der Waals surface area contributed by atoms with Crippen LogP contribution in [0.15, 0.2) is 36.5 Å². The summed E-state index contributed by atoms with van der Waals surface area (Å²) in [6, 6.07) is 7.50. The molecular weight excluding hydrogens is 210 g/mol. The summed E-state index contributed by atoms with van der Waals surface area (Å²) in [4.78, 5) is 0. The first-order valence-electron chi connectivity index (χ1n) is 4.99. The SMILES string of the molecule is NCc1cccn1Cc1c(F)cccc1F. The van der Waals surface area contributed by atoms with E-state index < -0.39 is 11.6 Å². The Hall–Kier alpha value is -1.68. The number of rotatable bonds is 3. The third-order valence-electron chi connectivity index (χ3n) is 2.52. The van der Waals surface area contributed by atoms with Crippen LogP contribution in [0.25, 0.3) is 0 Å². The maximum Gasteiger partial charge on any atom is 0.131 e. The van der Waals surface area contributed by atoms with Gasteiger partial charge in [-0.25, -0.2) is 8.78 Å². The van der Waals surface area contributed by atoms with Gasteiger partial charge in [-0.1, -0.05) is 6.07 Å². The van der Waals surface area contributed by atoms with Gasteiger partial charge in [0.05, 0.1) is 6.54 Å². The zero-order chi connectivity index (χ0) is 11.5. The first-order chi connectivity index (χ1) is 7.72. The Bertz CT molecular complexity index is 471. The molecule has 0 aliphatic carbocycles. The van der Waals surface area contributed by atoms with E-state index in [1.54, 1.807) is 16.8 Å². The number of hydrogen-bond acceptors (Lipinski definition) is 1.